The van der Waals surface area contributed by atoms with Gasteiger partial charge in [-0.15, -0.1) is 0 Å². The van der Waals surface area contributed by atoms with E-state index >= 15 is 0 Å². The summed E-state index contributed by atoms with van der Waals surface area (Å²) in [5, 5.41) is 9.36. The summed E-state index contributed by atoms with van der Waals surface area (Å²) < 4.78 is 0. The highest BCUT2D eigenvalue weighted by Crippen LogP contribution is 2.04. The summed E-state index contributed by atoms with van der Waals surface area (Å²) in [6.07, 6.45) is -0.116. The van der Waals surface area contributed by atoms with Crippen molar-refractivity contribution in [3.8, 4) is 0 Å². The van der Waals surface area contributed by atoms with Gasteiger partial charge in [-0.05, 0) is 6.92 Å². The molecule has 0 bridgehead atoms. The molecule has 1 atom stereocenters. The van der Waals surface area contributed by atoms with Gasteiger partial charge < -0.3 is 11.1 Å². The van der Waals surface area contributed by atoms with Crippen molar-refractivity contribution in [1.29, 1.82) is 5.41 Å². The lowest BCUT2D eigenvalue weighted by atomic mass is 10.4. The van der Waals surface area contributed by atoms with Gasteiger partial charge in [-0.3, -0.25) is 5.41 Å². The summed E-state index contributed by atoms with van der Waals surface area (Å²) in [5.41, 5.74) is 5.03. The van der Waals surface area contributed by atoms with Crippen LogP contribution in [0.1, 0.15) is 6.92 Å². The molecule has 1 unspecified atom stereocenters. The first-order chi connectivity index (χ1) is 4.13. The largest absolute Gasteiger partial charge is 0.370 e. The van der Waals surface area contributed by atoms with Gasteiger partial charge in [-0.1, -0.05) is 0 Å². The molecular weight excluding hydrogens is 120 g/mol. The second-order valence-electron chi connectivity index (χ2n) is 1.88. The zero-order chi connectivity index (χ0) is 7.02. The fraction of sp³-hybridized carbons (Fsp3) is 0.500. The lowest BCUT2D eigenvalue weighted by Crippen LogP contribution is -2.67. The van der Waals surface area contributed by atoms with Gasteiger partial charge in [0.1, 0.15) is 6.17 Å². The lowest BCUT2D eigenvalue weighted by molar-refractivity contribution is 0.159. The zero-order valence-electron chi connectivity index (χ0n) is 5.01. The zero-order valence-corrected chi connectivity index (χ0v) is 5.01. The van der Waals surface area contributed by atoms with E-state index in [9.17, 15) is 4.79 Å². The highest BCUT2D eigenvalue weighted by atomic mass is 16.2. The number of urea groups is 1. The fourth-order valence-corrected chi connectivity index (χ4v) is 0.741. The van der Waals surface area contributed by atoms with Crippen molar-refractivity contribution in [3.63, 3.8) is 0 Å². The number of guanidine groups is 1. The molecule has 1 fully saturated rings. The Morgan fingerprint density at radius 1 is 2.00 bits per heavy atom. The first kappa shape index (κ1) is 5.87. The highest BCUT2D eigenvalue weighted by Gasteiger charge is 2.33. The van der Waals surface area contributed by atoms with E-state index in [1.54, 1.807) is 6.92 Å². The number of nitrogens with two attached hydrogens (primary N) is 1. The number of hydrogen-bond donors (Lipinski definition) is 3. The quantitative estimate of drug-likeness (QED) is 0.296. The van der Waals surface area contributed by atoms with Gasteiger partial charge in [-0.2, -0.15) is 0 Å². The normalized spacial score (nSPS) is 24.8. The molecule has 0 aliphatic carbocycles. The molecule has 1 saturated heterocycles. The summed E-state index contributed by atoms with van der Waals surface area (Å²) in [6.45, 7) is 1.75. The minimum Gasteiger partial charge on any atom is -0.370 e. The molecule has 4 N–H and O–H groups in total. The van der Waals surface area contributed by atoms with Crippen LogP contribution in [-0.2, 0) is 0 Å². The molecule has 0 aromatic heterocycles. The average Bonchev–Trinajstić information content (AvgIpc) is 1.62. The number of nitrogens with zero attached hydrogens (tertiary/aromatic N) is 1. The second kappa shape index (κ2) is 1.61. The van der Waals surface area contributed by atoms with Crippen LogP contribution in [0.2, 0.25) is 0 Å². The third-order valence-electron chi connectivity index (χ3n) is 1.20. The molecule has 0 aromatic rings. The maximum atomic E-state index is 10.5. The predicted molar refractivity (Wildman–Crippen MR) is 31.7 cm³/mol. The summed E-state index contributed by atoms with van der Waals surface area (Å²) in [4.78, 5) is 11.6. The summed E-state index contributed by atoms with van der Waals surface area (Å²) in [7, 11) is 0. The molecule has 0 radical (unpaired) electrons. The van der Waals surface area contributed by atoms with E-state index in [0.29, 0.717) is 0 Å². The van der Waals surface area contributed by atoms with Gasteiger partial charge in [0.05, 0.1) is 0 Å². The van der Waals surface area contributed by atoms with Gasteiger partial charge in [0, 0.05) is 0 Å². The van der Waals surface area contributed by atoms with Crippen molar-refractivity contribution >= 4 is 12.0 Å². The van der Waals surface area contributed by atoms with Gasteiger partial charge in [0.15, 0.2) is 5.96 Å². The summed E-state index contributed by atoms with van der Waals surface area (Å²) in [6, 6.07) is -0.296. The molecule has 1 rings (SSSR count). The molecular formula is C4H8N4O. The molecule has 1 heterocycles. The standard InChI is InChI=1S/C4H8N4O/c1-2-7-4(9)8(2)3(5)6/h2H,1H3,(H3,5,6)(H,7,9). The molecule has 1 aliphatic heterocycles. The van der Waals surface area contributed by atoms with Crippen LogP contribution in [-0.4, -0.2) is 23.1 Å². The number of rotatable bonds is 0. The van der Waals surface area contributed by atoms with Gasteiger partial charge in [0.2, 0.25) is 0 Å². The number of carbonyl (C=O) groups is 1. The van der Waals surface area contributed by atoms with Gasteiger partial charge in [0.25, 0.3) is 0 Å². The first-order valence-corrected chi connectivity index (χ1v) is 2.56. The Morgan fingerprint density at radius 2 is 2.56 bits per heavy atom. The molecule has 5 heteroatoms. The van der Waals surface area contributed by atoms with Gasteiger partial charge in [-0.25, -0.2) is 9.69 Å². The molecule has 2 amide bonds. The van der Waals surface area contributed by atoms with E-state index in [0.717, 1.165) is 0 Å². The molecule has 0 spiro atoms. The maximum Gasteiger partial charge on any atom is 0.327 e. The van der Waals surface area contributed by atoms with Crippen molar-refractivity contribution in [2.24, 2.45) is 5.73 Å². The van der Waals surface area contributed by atoms with Crippen molar-refractivity contribution in [2.45, 2.75) is 13.1 Å². The Bertz CT molecular complexity index is 158. The maximum absolute atomic E-state index is 10.5. The van der Waals surface area contributed by atoms with E-state index < -0.39 is 0 Å². The minimum absolute atomic E-state index is 0.116. The third kappa shape index (κ3) is 0.697. The van der Waals surface area contributed by atoms with Crippen LogP contribution in [0.4, 0.5) is 4.79 Å². The van der Waals surface area contributed by atoms with Crippen LogP contribution in [0.15, 0.2) is 0 Å². The number of amides is 2. The van der Waals surface area contributed by atoms with E-state index in [-0.39, 0.29) is 18.2 Å². The monoisotopic (exact) mass is 128 g/mol. The SMILES string of the molecule is CC1NC(=O)N1C(=N)N. The van der Waals surface area contributed by atoms with E-state index in [2.05, 4.69) is 5.32 Å². The van der Waals surface area contributed by atoms with Crippen molar-refractivity contribution in [2.75, 3.05) is 0 Å². The number of nitrogens with one attached hydrogen (secondary N) is 2. The van der Waals surface area contributed by atoms with Crippen LogP contribution < -0.4 is 11.1 Å². The van der Waals surface area contributed by atoms with Crippen LogP contribution >= 0.6 is 0 Å². The molecule has 50 valence electrons. The van der Waals surface area contributed by atoms with Crippen molar-refractivity contribution in [3.05, 3.63) is 0 Å². The highest BCUT2D eigenvalue weighted by molar-refractivity contribution is 5.98. The predicted octanol–water partition coefficient (Wildman–Crippen LogP) is -0.749. The fourth-order valence-electron chi connectivity index (χ4n) is 0.741. The topological polar surface area (TPSA) is 82.2 Å². The average molecular weight is 128 g/mol. The van der Waals surface area contributed by atoms with Gasteiger partial charge >= 0.3 is 6.03 Å². The van der Waals surface area contributed by atoms with Crippen LogP contribution in [0.3, 0.4) is 0 Å². The Kier molecular flexibility index (Phi) is 1.05. The number of carbonyl (C=O) groups excluding carboxylic acids is 1. The smallest absolute Gasteiger partial charge is 0.327 e. The Labute approximate surface area is 52.3 Å². The minimum atomic E-state index is -0.296. The van der Waals surface area contributed by atoms with Crippen molar-refractivity contribution < 1.29 is 4.79 Å². The summed E-state index contributed by atoms with van der Waals surface area (Å²) >= 11 is 0. The lowest BCUT2D eigenvalue weighted by Gasteiger charge is -2.37. The molecule has 5 nitrogen and oxygen atoms in total. The third-order valence-corrected chi connectivity index (χ3v) is 1.20. The molecule has 9 heavy (non-hydrogen) atoms. The molecule has 0 aromatic carbocycles. The Balaban J connectivity index is 2.59. The number of hydrogen-bond acceptors (Lipinski definition) is 2. The van der Waals surface area contributed by atoms with Crippen LogP contribution in [0, 0.1) is 5.41 Å². The second-order valence-corrected chi connectivity index (χ2v) is 1.88. The van der Waals surface area contributed by atoms with E-state index in [1.165, 1.54) is 4.90 Å². The van der Waals surface area contributed by atoms with E-state index in [1.807, 2.05) is 0 Å². The summed E-state index contributed by atoms with van der Waals surface area (Å²) in [5.74, 6) is -0.203. The molecule has 1 aliphatic rings. The van der Waals surface area contributed by atoms with E-state index in [4.69, 9.17) is 11.1 Å². The van der Waals surface area contributed by atoms with Crippen LogP contribution in [0.25, 0.3) is 0 Å². The Hall–Kier alpha value is -1.26. The first-order valence-electron chi connectivity index (χ1n) is 2.56. The van der Waals surface area contributed by atoms with Crippen LogP contribution in [0.5, 0.6) is 0 Å². The molecule has 0 saturated carbocycles. The van der Waals surface area contributed by atoms with Crippen molar-refractivity contribution in [1.82, 2.24) is 10.2 Å². The Morgan fingerprint density at radius 3 is 2.67 bits per heavy atom.